The molecule has 0 N–H and O–H groups in total. The van der Waals surface area contributed by atoms with Crippen molar-refractivity contribution < 1.29 is 4.74 Å². The van der Waals surface area contributed by atoms with Gasteiger partial charge in [-0.1, -0.05) is 37.1 Å². The van der Waals surface area contributed by atoms with Crippen molar-refractivity contribution in [3.05, 3.63) is 58.9 Å². The Balaban J connectivity index is 1.93. The number of imidazole rings is 1. The van der Waals surface area contributed by atoms with Crippen LogP contribution in [0.3, 0.4) is 0 Å². The number of halogens is 1. The maximum atomic E-state index is 6.14. The number of fused-ring (bicyclic) bond motifs is 1. The summed E-state index contributed by atoms with van der Waals surface area (Å²) in [4.78, 5) is 4.81. The fourth-order valence-corrected chi connectivity index (χ4v) is 3.02. The number of ether oxygens (including phenoxy) is 1. The van der Waals surface area contributed by atoms with Crippen molar-refractivity contribution in [2.45, 2.75) is 46.3 Å². The van der Waals surface area contributed by atoms with Gasteiger partial charge in [-0.2, -0.15) is 0 Å². The van der Waals surface area contributed by atoms with Gasteiger partial charge in [-0.05, 0) is 56.2 Å². The van der Waals surface area contributed by atoms with Crippen LogP contribution in [0.1, 0.15) is 44.2 Å². The standard InChI is InChI=1S/C20H23ClN2O/c1-4-5-12-23-19-9-7-6-8-18(19)22-20(23)15(3)24-16-10-11-17(21)14(2)13-16/h6-11,13,15H,4-5,12H2,1-3H3. The predicted molar refractivity (Wildman–Crippen MR) is 99.9 cm³/mol. The smallest absolute Gasteiger partial charge is 0.153 e. The first kappa shape index (κ1) is 16.8. The molecule has 1 unspecified atom stereocenters. The van der Waals surface area contributed by atoms with Crippen LogP contribution in [0.15, 0.2) is 42.5 Å². The third kappa shape index (κ3) is 3.41. The third-order valence-corrected chi connectivity index (χ3v) is 4.65. The van der Waals surface area contributed by atoms with E-state index in [1.54, 1.807) is 0 Å². The van der Waals surface area contributed by atoms with E-state index in [1.807, 2.05) is 38.1 Å². The van der Waals surface area contributed by atoms with Crippen molar-refractivity contribution in [3.63, 3.8) is 0 Å². The van der Waals surface area contributed by atoms with Crippen molar-refractivity contribution >= 4 is 22.6 Å². The van der Waals surface area contributed by atoms with Crippen LogP contribution in [0.5, 0.6) is 5.75 Å². The Labute approximate surface area is 148 Å². The summed E-state index contributed by atoms with van der Waals surface area (Å²) in [5.41, 5.74) is 3.20. The van der Waals surface area contributed by atoms with Crippen LogP contribution < -0.4 is 4.74 Å². The van der Waals surface area contributed by atoms with Crippen LogP contribution in [0, 0.1) is 6.92 Å². The van der Waals surface area contributed by atoms with E-state index in [1.165, 1.54) is 5.52 Å². The van der Waals surface area contributed by atoms with Crippen LogP contribution in [-0.4, -0.2) is 9.55 Å². The van der Waals surface area contributed by atoms with Gasteiger partial charge in [-0.15, -0.1) is 0 Å². The minimum Gasteiger partial charge on any atom is -0.483 e. The zero-order chi connectivity index (χ0) is 17.1. The van der Waals surface area contributed by atoms with Crippen molar-refractivity contribution in [2.75, 3.05) is 0 Å². The van der Waals surface area contributed by atoms with E-state index in [4.69, 9.17) is 21.3 Å². The number of nitrogens with zero attached hydrogens (tertiary/aromatic N) is 2. The fraction of sp³-hybridized carbons (Fsp3) is 0.350. The zero-order valence-electron chi connectivity index (χ0n) is 14.4. The van der Waals surface area contributed by atoms with Crippen LogP contribution >= 0.6 is 11.6 Å². The highest BCUT2D eigenvalue weighted by Crippen LogP contribution is 2.28. The monoisotopic (exact) mass is 342 g/mol. The molecule has 3 rings (SSSR count). The van der Waals surface area contributed by atoms with E-state index in [0.717, 1.165) is 47.1 Å². The normalized spacial score (nSPS) is 12.5. The van der Waals surface area contributed by atoms with Gasteiger partial charge in [0.05, 0.1) is 11.0 Å². The molecular formula is C20H23ClN2O. The quantitative estimate of drug-likeness (QED) is 0.554. The summed E-state index contributed by atoms with van der Waals surface area (Å²) in [5.74, 6) is 1.79. The maximum Gasteiger partial charge on any atom is 0.153 e. The molecule has 0 aliphatic rings. The zero-order valence-corrected chi connectivity index (χ0v) is 15.2. The topological polar surface area (TPSA) is 27.1 Å². The van der Waals surface area contributed by atoms with Gasteiger partial charge >= 0.3 is 0 Å². The molecule has 0 saturated carbocycles. The lowest BCUT2D eigenvalue weighted by atomic mass is 10.2. The Kier molecular flexibility index (Phi) is 5.10. The molecule has 0 saturated heterocycles. The number of rotatable bonds is 6. The lowest BCUT2D eigenvalue weighted by Crippen LogP contribution is -2.12. The second kappa shape index (κ2) is 7.27. The van der Waals surface area contributed by atoms with E-state index in [0.29, 0.717) is 0 Å². The van der Waals surface area contributed by atoms with Gasteiger partial charge in [0.2, 0.25) is 0 Å². The van der Waals surface area contributed by atoms with Gasteiger partial charge < -0.3 is 9.30 Å². The number of benzene rings is 2. The van der Waals surface area contributed by atoms with Crippen molar-refractivity contribution in [2.24, 2.45) is 0 Å². The molecule has 1 aromatic heterocycles. The molecule has 0 fully saturated rings. The molecule has 0 spiro atoms. The summed E-state index contributed by atoms with van der Waals surface area (Å²) in [5, 5.41) is 0.755. The first-order valence-electron chi connectivity index (χ1n) is 8.48. The van der Waals surface area contributed by atoms with Gasteiger partial charge in [0.15, 0.2) is 11.9 Å². The lowest BCUT2D eigenvalue weighted by Gasteiger charge is -2.17. The second-order valence-corrected chi connectivity index (χ2v) is 6.54. The van der Waals surface area contributed by atoms with E-state index >= 15 is 0 Å². The van der Waals surface area contributed by atoms with Crippen molar-refractivity contribution in [1.29, 1.82) is 0 Å². The van der Waals surface area contributed by atoms with Crippen LogP contribution in [-0.2, 0) is 6.54 Å². The Morgan fingerprint density at radius 3 is 2.75 bits per heavy atom. The molecule has 0 aliphatic heterocycles. The predicted octanol–water partition coefficient (Wildman–Crippen LogP) is 5.94. The Bertz CT molecular complexity index is 841. The molecule has 2 aromatic carbocycles. The van der Waals surface area contributed by atoms with Gasteiger partial charge in [-0.25, -0.2) is 4.98 Å². The Morgan fingerprint density at radius 1 is 1.21 bits per heavy atom. The Morgan fingerprint density at radius 2 is 2.00 bits per heavy atom. The maximum absolute atomic E-state index is 6.14. The molecule has 1 heterocycles. The molecule has 4 heteroatoms. The number of aromatic nitrogens is 2. The average Bonchev–Trinajstić information content (AvgIpc) is 2.95. The summed E-state index contributed by atoms with van der Waals surface area (Å²) in [6.07, 6.45) is 2.15. The van der Waals surface area contributed by atoms with E-state index in [9.17, 15) is 0 Å². The Hall–Kier alpha value is -2.00. The molecule has 0 bridgehead atoms. The van der Waals surface area contributed by atoms with Crippen LogP contribution in [0.25, 0.3) is 11.0 Å². The highest BCUT2D eigenvalue weighted by atomic mass is 35.5. The number of unbranched alkanes of at least 4 members (excludes halogenated alkanes) is 1. The van der Waals surface area contributed by atoms with Gasteiger partial charge in [0, 0.05) is 11.6 Å². The summed E-state index contributed by atoms with van der Waals surface area (Å²) in [7, 11) is 0. The lowest BCUT2D eigenvalue weighted by molar-refractivity contribution is 0.211. The molecule has 0 radical (unpaired) electrons. The molecule has 3 aromatic rings. The minimum absolute atomic E-state index is 0.130. The highest BCUT2D eigenvalue weighted by molar-refractivity contribution is 6.31. The molecule has 3 nitrogen and oxygen atoms in total. The summed E-state index contributed by atoms with van der Waals surface area (Å²) >= 11 is 6.10. The number of hydrogen-bond donors (Lipinski definition) is 0. The second-order valence-electron chi connectivity index (χ2n) is 6.13. The van der Waals surface area contributed by atoms with Crippen LogP contribution in [0.2, 0.25) is 5.02 Å². The van der Waals surface area contributed by atoms with Crippen molar-refractivity contribution in [3.8, 4) is 5.75 Å². The SMILES string of the molecule is CCCCn1c(C(C)Oc2ccc(Cl)c(C)c2)nc2ccccc21. The number of para-hydroxylation sites is 2. The third-order valence-electron chi connectivity index (χ3n) is 4.23. The van der Waals surface area contributed by atoms with E-state index in [2.05, 4.69) is 29.7 Å². The largest absolute Gasteiger partial charge is 0.483 e. The first-order valence-corrected chi connectivity index (χ1v) is 8.86. The van der Waals surface area contributed by atoms with E-state index in [-0.39, 0.29) is 6.10 Å². The number of hydrogen-bond acceptors (Lipinski definition) is 2. The van der Waals surface area contributed by atoms with Gasteiger partial charge in [0.25, 0.3) is 0 Å². The fourth-order valence-electron chi connectivity index (χ4n) is 2.90. The van der Waals surface area contributed by atoms with E-state index < -0.39 is 0 Å². The molecule has 126 valence electrons. The molecular weight excluding hydrogens is 320 g/mol. The summed E-state index contributed by atoms with van der Waals surface area (Å²) in [6, 6.07) is 14.0. The van der Waals surface area contributed by atoms with Gasteiger partial charge in [0.1, 0.15) is 5.75 Å². The molecule has 1 atom stereocenters. The molecule has 24 heavy (non-hydrogen) atoms. The van der Waals surface area contributed by atoms with Crippen LogP contribution in [0.4, 0.5) is 0 Å². The molecule has 0 amide bonds. The molecule has 0 aliphatic carbocycles. The van der Waals surface area contributed by atoms with Crippen molar-refractivity contribution in [1.82, 2.24) is 9.55 Å². The minimum atomic E-state index is -0.130. The number of aryl methyl sites for hydroxylation is 2. The first-order chi connectivity index (χ1) is 11.6. The van der Waals surface area contributed by atoms with Gasteiger partial charge in [-0.3, -0.25) is 0 Å². The average molecular weight is 343 g/mol. The summed E-state index contributed by atoms with van der Waals surface area (Å²) < 4.78 is 8.43. The summed E-state index contributed by atoms with van der Waals surface area (Å²) in [6.45, 7) is 7.19. The highest BCUT2D eigenvalue weighted by Gasteiger charge is 2.18.